The second kappa shape index (κ2) is 6.08. The number of rotatable bonds is 4. The molecule has 0 amide bonds. The monoisotopic (exact) mass is 315 g/mol. The van der Waals surface area contributed by atoms with Crippen molar-refractivity contribution >= 4 is 5.97 Å². The molecule has 0 atom stereocenters. The molecule has 0 spiro atoms. The molecular formula is C17H14FNO4. The average Bonchev–Trinajstić information content (AvgIpc) is 3.12. The first-order chi connectivity index (χ1) is 11.0. The largest absolute Gasteiger partial charge is 0.466 e. The zero-order valence-electron chi connectivity index (χ0n) is 12.6. The summed E-state index contributed by atoms with van der Waals surface area (Å²) in [6.45, 7) is 3.44. The molecule has 3 aromatic rings. The Bertz CT molecular complexity index is 833. The van der Waals surface area contributed by atoms with Gasteiger partial charge >= 0.3 is 5.97 Å². The number of esters is 1. The van der Waals surface area contributed by atoms with Gasteiger partial charge in [0.05, 0.1) is 0 Å². The number of hydrogen-bond acceptors (Lipinski definition) is 5. The van der Waals surface area contributed by atoms with Gasteiger partial charge in [0, 0.05) is 11.6 Å². The van der Waals surface area contributed by atoms with E-state index in [1.807, 2.05) is 0 Å². The van der Waals surface area contributed by atoms with Crippen LogP contribution in [0.15, 0.2) is 45.3 Å². The van der Waals surface area contributed by atoms with Gasteiger partial charge in [0.1, 0.15) is 35.2 Å². The molecule has 5 nitrogen and oxygen atoms in total. The van der Waals surface area contributed by atoms with Gasteiger partial charge < -0.3 is 13.7 Å². The van der Waals surface area contributed by atoms with Crippen LogP contribution in [0.1, 0.15) is 27.6 Å². The number of halogens is 1. The van der Waals surface area contributed by atoms with E-state index in [0.717, 1.165) is 0 Å². The Morgan fingerprint density at radius 3 is 2.61 bits per heavy atom. The van der Waals surface area contributed by atoms with Crippen molar-refractivity contribution in [2.45, 2.75) is 20.5 Å². The van der Waals surface area contributed by atoms with Gasteiger partial charge in [0.25, 0.3) is 0 Å². The first kappa shape index (κ1) is 15.0. The minimum absolute atomic E-state index is 0.0206. The molecular weight excluding hydrogens is 301 g/mol. The van der Waals surface area contributed by atoms with Crippen LogP contribution in [-0.2, 0) is 11.3 Å². The number of furan rings is 1. The Kier molecular flexibility index (Phi) is 3.97. The van der Waals surface area contributed by atoms with Crippen LogP contribution in [0.4, 0.5) is 4.39 Å². The van der Waals surface area contributed by atoms with Crippen molar-refractivity contribution in [2.75, 3.05) is 0 Å². The third-order valence-corrected chi connectivity index (χ3v) is 3.30. The average molecular weight is 315 g/mol. The predicted octanol–water partition coefficient (Wildman–Crippen LogP) is 4.05. The van der Waals surface area contributed by atoms with Crippen LogP contribution >= 0.6 is 0 Å². The maximum Gasteiger partial charge on any atom is 0.342 e. The van der Waals surface area contributed by atoms with Crippen LogP contribution in [0.3, 0.4) is 0 Å². The van der Waals surface area contributed by atoms with Crippen LogP contribution < -0.4 is 0 Å². The lowest BCUT2D eigenvalue weighted by molar-refractivity contribution is 0.0462. The van der Waals surface area contributed by atoms with E-state index in [-0.39, 0.29) is 12.4 Å². The molecule has 2 aromatic heterocycles. The van der Waals surface area contributed by atoms with Crippen LogP contribution in [0.25, 0.3) is 11.3 Å². The van der Waals surface area contributed by atoms with E-state index in [2.05, 4.69) is 5.16 Å². The van der Waals surface area contributed by atoms with E-state index >= 15 is 0 Å². The van der Waals surface area contributed by atoms with E-state index in [1.54, 1.807) is 38.1 Å². The van der Waals surface area contributed by atoms with Gasteiger partial charge in [0.2, 0.25) is 0 Å². The molecule has 0 aliphatic heterocycles. The second-order valence-corrected chi connectivity index (χ2v) is 5.09. The lowest BCUT2D eigenvalue weighted by Crippen LogP contribution is -2.05. The lowest BCUT2D eigenvalue weighted by atomic mass is 10.1. The second-order valence-electron chi connectivity index (χ2n) is 5.09. The molecule has 0 aliphatic rings. The maximum absolute atomic E-state index is 12.9. The molecule has 0 saturated heterocycles. The maximum atomic E-state index is 12.9. The molecule has 118 valence electrons. The van der Waals surface area contributed by atoms with Crippen molar-refractivity contribution in [3.8, 4) is 11.3 Å². The summed E-state index contributed by atoms with van der Waals surface area (Å²) in [5.74, 6) is 0.833. The molecule has 0 N–H and O–H groups in total. The SMILES string of the molecule is Cc1cc(C(=O)OCc2cc(-c3ccc(F)cc3)on2)c(C)o1. The Hall–Kier alpha value is -2.89. The van der Waals surface area contributed by atoms with Gasteiger partial charge in [-0.3, -0.25) is 0 Å². The highest BCUT2D eigenvalue weighted by Crippen LogP contribution is 2.21. The van der Waals surface area contributed by atoms with Crippen molar-refractivity contribution < 1.29 is 22.9 Å². The number of aryl methyl sites for hydroxylation is 2. The molecule has 1 aromatic carbocycles. The summed E-state index contributed by atoms with van der Waals surface area (Å²) >= 11 is 0. The van der Waals surface area contributed by atoms with Gasteiger partial charge in [-0.1, -0.05) is 5.16 Å². The highest BCUT2D eigenvalue weighted by Gasteiger charge is 2.16. The van der Waals surface area contributed by atoms with Crippen molar-refractivity contribution in [3.63, 3.8) is 0 Å². The van der Waals surface area contributed by atoms with Crippen LogP contribution in [0.5, 0.6) is 0 Å². The smallest absolute Gasteiger partial charge is 0.342 e. The number of aromatic nitrogens is 1. The summed E-state index contributed by atoms with van der Waals surface area (Å²) in [6, 6.07) is 9.12. The summed E-state index contributed by atoms with van der Waals surface area (Å²) in [5.41, 5.74) is 1.55. The zero-order valence-corrected chi connectivity index (χ0v) is 12.6. The van der Waals surface area contributed by atoms with Crippen molar-refractivity contribution in [1.29, 1.82) is 0 Å². The number of ether oxygens (including phenoxy) is 1. The molecule has 3 rings (SSSR count). The molecule has 6 heteroatoms. The molecule has 0 fully saturated rings. The first-order valence-corrected chi connectivity index (χ1v) is 6.98. The highest BCUT2D eigenvalue weighted by molar-refractivity contribution is 5.90. The van der Waals surface area contributed by atoms with Gasteiger partial charge in [0.15, 0.2) is 5.76 Å². The zero-order chi connectivity index (χ0) is 16.4. The molecule has 2 heterocycles. The Morgan fingerprint density at radius 1 is 1.22 bits per heavy atom. The normalized spacial score (nSPS) is 10.7. The molecule has 0 aliphatic carbocycles. The van der Waals surface area contributed by atoms with E-state index in [1.165, 1.54) is 12.1 Å². The van der Waals surface area contributed by atoms with E-state index < -0.39 is 5.97 Å². The molecule has 0 saturated carbocycles. The third kappa shape index (κ3) is 3.31. The van der Waals surface area contributed by atoms with Gasteiger partial charge in [-0.15, -0.1) is 0 Å². The summed E-state index contributed by atoms with van der Waals surface area (Å²) in [6.07, 6.45) is 0. The fourth-order valence-corrected chi connectivity index (χ4v) is 2.18. The number of nitrogens with zero attached hydrogens (tertiary/aromatic N) is 1. The number of carbonyl (C=O) groups excluding carboxylic acids is 1. The highest BCUT2D eigenvalue weighted by atomic mass is 19.1. The lowest BCUT2D eigenvalue weighted by Gasteiger charge is -2.00. The Balaban J connectivity index is 1.66. The van der Waals surface area contributed by atoms with E-state index in [4.69, 9.17) is 13.7 Å². The third-order valence-electron chi connectivity index (χ3n) is 3.30. The van der Waals surface area contributed by atoms with Crippen molar-refractivity contribution in [3.05, 3.63) is 65.0 Å². The standard InChI is InChI=1S/C17H14FNO4/c1-10-7-15(11(2)22-10)17(20)21-9-14-8-16(23-19-14)12-3-5-13(18)6-4-12/h3-8H,9H2,1-2H3. The van der Waals surface area contributed by atoms with E-state index in [0.29, 0.717) is 34.1 Å². The van der Waals surface area contributed by atoms with Gasteiger partial charge in [-0.2, -0.15) is 0 Å². The fourth-order valence-electron chi connectivity index (χ4n) is 2.18. The van der Waals surface area contributed by atoms with Crippen molar-refractivity contribution in [1.82, 2.24) is 5.16 Å². The van der Waals surface area contributed by atoms with Crippen LogP contribution in [0.2, 0.25) is 0 Å². The van der Waals surface area contributed by atoms with Gasteiger partial charge in [-0.05, 0) is 44.2 Å². The molecule has 0 radical (unpaired) electrons. The number of carbonyl (C=O) groups is 1. The van der Waals surface area contributed by atoms with Crippen LogP contribution in [0, 0.1) is 19.7 Å². The van der Waals surface area contributed by atoms with Crippen molar-refractivity contribution in [2.24, 2.45) is 0 Å². The fraction of sp³-hybridized carbons (Fsp3) is 0.176. The molecule has 23 heavy (non-hydrogen) atoms. The topological polar surface area (TPSA) is 65.5 Å². The molecule has 0 unspecified atom stereocenters. The van der Waals surface area contributed by atoms with Crippen LogP contribution in [-0.4, -0.2) is 11.1 Å². The summed E-state index contributed by atoms with van der Waals surface area (Å²) in [5, 5.41) is 3.84. The predicted molar refractivity (Wildman–Crippen MR) is 79.2 cm³/mol. The Morgan fingerprint density at radius 2 is 1.96 bits per heavy atom. The van der Waals surface area contributed by atoms with Gasteiger partial charge in [-0.25, -0.2) is 9.18 Å². The number of benzene rings is 1. The Labute approximate surface area is 131 Å². The first-order valence-electron chi connectivity index (χ1n) is 6.98. The summed E-state index contributed by atoms with van der Waals surface area (Å²) < 4.78 is 28.6. The molecule has 0 bridgehead atoms. The minimum atomic E-state index is -0.481. The summed E-state index contributed by atoms with van der Waals surface area (Å²) in [4.78, 5) is 12.0. The van der Waals surface area contributed by atoms with E-state index in [9.17, 15) is 9.18 Å². The minimum Gasteiger partial charge on any atom is -0.466 e. The number of hydrogen-bond donors (Lipinski definition) is 0. The quantitative estimate of drug-likeness (QED) is 0.680. The summed E-state index contributed by atoms with van der Waals surface area (Å²) in [7, 11) is 0.